The number of hydrogen-bond donors (Lipinski definition) is 2. The lowest BCUT2D eigenvalue weighted by molar-refractivity contribution is -0.147. The van der Waals surface area contributed by atoms with E-state index in [-0.39, 0.29) is 24.7 Å². The molecule has 0 spiro atoms. The molecule has 9 heteroatoms. The molecule has 2 N–H and O–H groups in total. The van der Waals surface area contributed by atoms with Crippen LogP contribution in [0.1, 0.15) is 21.9 Å². The van der Waals surface area contributed by atoms with Gasteiger partial charge in [0, 0.05) is 18.5 Å². The van der Waals surface area contributed by atoms with Crippen molar-refractivity contribution >= 4 is 23.2 Å². The Morgan fingerprint density at radius 1 is 1.57 bits per heavy atom. The predicted molar refractivity (Wildman–Crippen MR) is 83.6 cm³/mol. The molecular weight excluding hydrogens is 322 g/mol. The number of ether oxygens (including phenoxy) is 2. The minimum absolute atomic E-state index is 0.296. The van der Waals surface area contributed by atoms with Gasteiger partial charge in [-0.15, -0.1) is 11.3 Å². The number of carbonyl (C=O) groups is 2. The van der Waals surface area contributed by atoms with Gasteiger partial charge in [0.2, 0.25) is 0 Å². The number of nitrogens with zero attached hydrogens (tertiary/aromatic N) is 2. The van der Waals surface area contributed by atoms with Crippen LogP contribution in [0.3, 0.4) is 0 Å². The third-order valence-electron chi connectivity index (χ3n) is 3.27. The molecule has 128 valence electrons. The summed E-state index contributed by atoms with van der Waals surface area (Å²) >= 11 is 1.43. The second kappa shape index (κ2) is 8.34. The van der Waals surface area contributed by atoms with Crippen molar-refractivity contribution in [2.24, 2.45) is 0 Å². The number of aliphatic carboxylic acids is 1. The number of carbonyl (C=O) groups excluding carboxylic acids is 1. The number of rotatable bonds is 7. The molecule has 0 aliphatic carbocycles. The van der Waals surface area contributed by atoms with Gasteiger partial charge in [0.05, 0.1) is 18.8 Å². The summed E-state index contributed by atoms with van der Waals surface area (Å²) in [7, 11) is 3.87. The molecule has 1 saturated heterocycles. The molecule has 0 saturated carbocycles. The van der Waals surface area contributed by atoms with Gasteiger partial charge in [-0.3, -0.25) is 4.79 Å². The Labute approximate surface area is 138 Å². The Bertz CT molecular complexity index is 548. The van der Waals surface area contributed by atoms with E-state index in [1.54, 1.807) is 5.38 Å². The summed E-state index contributed by atoms with van der Waals surface area (Å²) < 4.78 is 10.7. The van der Waals surface area contributed by atoms with E-state index in [9.17, 15) is 9.59 Å². The van der Waals surface area contributed by atoms with Crippen LogP contribution in [0.25, 0.3) is 0 Å². The zero-order chi connectivity index (χ0) is 16.8. The smallest absolute Gasteiger partial charge is 0.329 e. The highest BCUT2D eigenvalue weighted by atomic mass is 32.1. The first kappa shape index (κ1) is 17.8. The highest BCUT2D eigenvalue weighted by molar-refractivity contribution is 7.09. The molecular formula is C14H21N3O5S. The molecule has 0 bridgehead atoms. The van der Waals surface area contributed by atoms with Crippen molar-refractivity contribution in [3.05, 3.63) is 16.1 Å². The minimum Gasteiger partial charge on any atom is -0.480 e. The van der Waals surface area contributed by atoms with Crippen molar-refractivity contribution in [1.82, 2.24) is 15.2 Å². The maximum absolute atomic E-state index is 12.3. The molecule has 1 aromatic heterocycles. The Hall–Kier alpha value is -1.55. The average Bonchev–Trinajstić information content (AvgIpc) is 2.94. The Morgan fingerprint density at radius 2 is 2.35 bits per heavy atom. The molecule has 0 radical (unpaired) electrons. The zero-order valence-electron chi connectivity index (χ0n) is 13.2. The fraction of sp³-hybridized carbons (Fsp3) is 0.643. The molecule has 8 nitrogen and oxygen atoms in total. The number of hydrogen-bond acceptors (Lipinski definition) is 7. The van der Waals surface area contributed by atoms with Crippen LogP contribution in [0.4, 0.5) is 0 Å². The summed E-state index contributed by atoms with van der Waals surface area (Å²) in [5, 5.41) is 14.1. The van der Waals surface area contributed by atoms with E-state index in [4.69, 9.17) is 14.6 Å². The maximum Gasteiger partial charge on any atom is 0.329 e. The van der Waals surface area contributed by atoms with Crippen LogP contribution in [0, 0.1) is 0 Å². The molecule has 2 atom stereocenters. The largest absolute Gasteiger partial charge is 0.480 e. The van der Waals surface area contributed by atoms with Gasteiger partial charge >= 0.3 is 5.97 Å². The summed E-state index contributed by atoms with van der Waals surface area (Å²) in [6, 6.07) is -0.380. The van der Waals surface area contributed by atoms with Gasteiger partial charge in [-0.05, 0) is 20.5 Å². The van der Waals surface area contributed by atoms with Gasteiger partial charge < -0.3 is 24.8 Å². The van der Waals surface area contributed by atoms with Gasteiger partial charge in [0.25, 0.3) is 5.91 Å². The van der Waals surface area contributed by atoms with Crippen LogP contribution in [0.2, 0.25) is 0 Å². The highest BCUT2D eigenvalue weighted by Crippen LogP contribution is 2.15. The fourth-order valence-electron chi connectivity index (χ4n) is 2.23. The molecule has 0 aromatic carbocycles. The van der Waals surface area contributed by atoms with Crippen LogP contribution in [-0.2, 0) is 20.8 Å². The summed E-state index contributed by atoms with van der Waals surface area (Å²) in [5.74, 6) is -1.33. The molecule has 1 aromatic rings. The maximum atomic E-state index is 12.3. The highest BCUT2D eigenvalue weighted by Gasteiger charge is 2.29. The number of thiazole rings is 1. The average molecular weight is 343 g/mol. The van der Waals surface area contributed by atoms with Crippen molar-refractivity contribution < 1.29 is 24.2 Å². The van der Waals surface area contributed by atoms with Gasteiger partial charge in [0.15, 0.2) is 0 Å². The van der Waals surface area contributed by atoms with Crippen molar-refractivity contribution in [3.63, 3.8) is 0 Å². The van der Waals surface area contributed by atoms with E-state index in [2.05, 4.69) is 10.3 Å². The van der Waals surface area contributed by atoms with Crippen molar-refractivity contribution in [2.45, 2.75) is 25.1 Å². The van der Waals surface area contributed by atoms with Crippen molar-refractivity contribution in [2.75, 3.05) is 33.9 Å². The number of carboxylic acid groups (broad SMARTS) is 1. The standard InChI is InChI=1S/C14H21N3O5S/c1-17(2)5-12-15-10(8-23-12)14(20)16-9-6-21-4-3-11(9)22-7-13(18)19/h8-9,11H,3-7H2,1-2H3,(H,16,20)(H,18,19)/t9-,11+/m1/s1. The Balaban J connectivity index is 1.93. The monoisotopic (exact) mass is 343 g/mol. The SMILES string of the molecule is CN(C)Cc1nc(C(=O)N[C@@H]2COCC[C@@H]2OCC(=O)O)cs1. The van der Waals surface area contributed by atoms with Crippen LogP contribution >= 0.6 is 11.3 Å². The molecule has 1 amide bonds. The Kier molecular flexibility index (Phi) is 6.46. The fourth-order valence-corrected chi connectivity index (χ4v) is 3.12. The molecule has 1 aliphatic heterocycles. The van der Waals surface area contributed by atoms with E-state index in [1.807, 2.05) is 19.0 Å². The van der Waals surface area contributed by atoms with Crippen molar-refractivity contribution in [1.29, 1.82) is 0 Å². The Morgan fingerprint density at radius 3 is 3.04 bits per heavy atom. The van der Waals surface area contributed by atoms with Crippen molar-refractivity contribution in [3.8, 4) is 0 Å². The van der Waals surface area contributed by atoms with Gasteiger partial charge in [-0.1, -0.05) is 0 Å². The zero-order valence-corrected chi connectivity index (χ0v) is 14.0. The molecule has 2 rings (SSSR count). The lowest BCUT2D eigenvalue weighted by atomic mass is 10.1. The van der Waals surface area contributed by atoms with E-state index in [0.29, 0.717) is 31.9 Å². The van der Waals surface area contributed by atoms with Crippen LogP contribution in [0.15, 0.2) is 5.38 Å². The quantitative estimate of drug-likeness (QED) is 0.729. The third-order valence-corrected chi connectivity index (χ3v) is 4.10. The van der Waals surface area contributed by atoms with E-state index in [1.165, 1.54) is 11.3 Å². The first-order chi connectivity index (χ1) is 11.0. The summed E-state index contributed by atoms with van der Waals surface area (Å²) in [6.07, 6.45) is 0.171. The van der Waals surface area contributed by atoms with Crippen LogP contribution in [-0.4, -0.2) is 72.9 Å². The van der Waals surface area contributed by atoms with Crippen LogP contribution < -0.4 is 5.32 Å². The minimum atomic E-state index is -1.03. The second-order valence-corrected chi connectivity index (χ2v) is 6.49. The topological polar surface area (TPSA) is 101 Å². The lowest BCUT2D eigenvalue weighted by Crippen LogP contribution is -2.51. The van der Waals surface area contributed by atoms with Gasteiger partial charge in [-0.2, -0.15) is 0 Å². The number of aromatic nitrogens is 1. The van der Waals surface area contributed by atoms with Gasteiger partial charge in [-0.25, -0.2) is 9.78 Å². The molecule has 1 fully saturated rings. The first-order valence-corrected chi connectivity index (χ1v) is 8.15. The summed E-state index contributed by atoms with van der Waals surface area (Å²) in [5.41, 5.74) is 0.356. The number of nitrogens with one attached hydrogen (secondary N) is 1. The first-order valence-electron chi connectivity index (χ1n) is 7.27. The predicted octanol–water partition coefficient (Wildman–Crippen LogP) is 0.193. The van der Waals surface area contributed by atoms with E-state index < -0.39 is 5.97 Å². The van der Waals surface area contributed by atoms with E-state index >= 15 is 0 Å². The number of carboxylic acids is 1. The molecule has 2 heterocycles. The van der Waals surface area contributed by atoms with E-state index in [0.717, 1.165) is 5.01 Å². The summed E-state index contributed by atoms with van der Waals surface area (Å²) in [4.78, 5) is 29.2. The third kappa shape index (κ3) is 5.54. The molecule has 1 aliphatic rings. The normalized spacial score (nSPS) is 21.3. The molecule has 0 unspecified atom stereocenters. The van der Waals surface area contributed by atoms with Gasteiger partial charge in [0.1, 0.15) is 17.3 Å². The number of amides is 1. The van der Waals surface area contributed by atoms with Crippen LogP contribution in [0.5, 0.6) is 0 Å². The molecule has 23 heavy (non-hydrogen) atoms. The lowest BCUT2D eigenvalue weighted by Gasteiger charge is -2.31. The summed E-state index contributed by atoms with van der Waals surface area (Å²) in [6.45, 7) is 1.07. The second-order valence-electron chi connectivity index (χ2n) is 5.55.